The molecule has 0 unspecified atom stereocenters. The molecule has 0 saturated carbocycles. The predicted octanol–water partition coefficient (Wildman–Crippen LogP) is 4.90. The lowest BCUT2D eigenvalue weighted by molar-refractivity contribution is 0.0957. The van der Waals surface area contributed by atoms with Gasteiger partial charge in [-0.1, -0.05) is 30.7 Å². The summed E-state index contributed by atoms with van der Waals surface area (Å²) in [6.45, 7) is 5.12. The zero-order valence-corrected chi connectivity index (χ0v) is 20.4. The van der Waals surface area contributed by atoms with Crippen molar-refractivity contribution < 1.29 is 4.79 Å². The molecule has 33 heavy (non-hydrogen) atoms. The van der Waals surface area contributed by atoms with Gasteiger partial charge in [-0.05, 0) is 44.2 Å². The summed E-state index contributed by atoms with van der Waals surface area (Å²) in [5.74, 6) is 0.721. The van der Waals surface area contributed by atoms with Gasteiger partial charge >= 0.3 is 0 Å². The van der Waals surface area contributed by atoms with Crippen molar-refractivity contribution in [2.45, 2.75) is 52.5 Å². The van der Waals surface area contributed by atoms with Crippen LogP contribution in [0.3, 0.4) is 0 Å². The largest absolute Gasteiger partial charge is 0.351 e. The van der Waals surface area contributed by atoms with E-state index in [-0.39, 0.29) is 11.5 Å². The Morgan fingerprint density at radius 2 is 1.94 bits per heavy atom. The standard InChI is InChI=1S/C25H26N4O2S2/c1-15-21-24(28-20-6-4-3-5-13-29(20)25(21)31)33-22(15)23(30)26-12-11-17-7-9-18(10-8-17)19-14-32-16(2)27-19/h7-10,14H,3-6,11-13H2,1-2H3,(H,26,30). The van der Waals surface area contributed by atoms with Crippen LogP contribution in [0.25, 0.3) is 21.5 Å². The van der Waals surface area contributed by atoms with Crippen molar-refractivity contribution in [3.05, 3.63) is 66.8 Å². The van der Waals surface area contributed by atoms with E-state index in [1.54, 1.807) is 11.3 Å². The van der Waals surface area contributed by atoms with Gasteiger partial charge in [0.25, 0.3) is 11.5 Å². The number of carbonyl (C=O) groups excluding carboxylic acids is 1. The fraction of sp³-hybridized carbons (Fsp3) is 0.360. The van der Waals surface area contributed by atoms with Crippen LogP contribution in [0, 0.1) is 13.8 Å². The van der Waals surface area contributed by atoms with Crippen molar-refractivity contribution in [1.82, 2.24) is 19.9 Å². The Kier molecular flexibility index (Phi) is 6.12. The van der Waals surface area contributed by atoms with Gasteiger partial charge in [-0.25, -0.2) is 9.97 Å². The van der Waals surface area contributed by atoms with Crippen LogP contribution in [-0.4, -0.2) is 27.0 Å². The van der Waals surface area contributed by atoms with E-state index in [9.17, 15) is 9.59 Å². The maximum absolute atomic E-state index is 13.1. The highest BCUT2D eigenvalue weighted by Crippen LogP contribution is 2.28. The number of carbonyl (C=O) groups is 1. The second kappa shape index (κ2) is 9.19. The number of nitrogens with zero attached hydrogens (tertiary/aromatic N) is 3. The average molecular weight is 479 g/mol. The minimum Gasteiger partial charge on any atom is -0.351 e. The number of aryl methyl sites for hydroxylation is 3. The number of aromatic nitrogens is 3. The second-order valence-electron chi connectivity index (χ2n) is 8.49. The van der Waals surface area contributed by atoms with Crippen LogP contribution in [0.15, 0.2) is 34.4 Å². The van der Waals surface area contributed by atoms with E-state index in [4.69, 9.17) is 4.98 Å². The molecule has 1 amide bonds. The number of amides is 1. The first-order chi connectivity index (χ1) is 16.0. The van der Waals surface area contributed by atoms with Crippen LogP contribution in [0.1, 0.15) is 50.9 Å². The zero-order chi connectivity index (χ0) is 22.9. The van der Waals surface area contributed by atoms with Crippen LogP contribution >= 0.6 is 22.7 Å². The predicted molar refractivity (Wildman–Crippen MR) is 134 cm³/mol. The molecule has 6 nitrogen and oxygen atoms in total. The maximum atomic E-state index is 13.1. The quantitative estimate of drug-likeness (QED) is 0.443. The summed E-state index contributed by atoms with van der Waals surface area (Å²) in [7, 11) is 0. The fourth-order valence-corrected chi connectivity index (χ4v) is 6.09. The number of thiophene rings is 1. The van der Waals surface area contributed by atoms with Crippen LogP contribution in [0.5, 0.6) is 0 Å². The second-order valence-corrected chi connectivity index (χ2v) is 10.5. The first kappa shape index (κ1) is 22.0. The van der Waals surface area contributed by atoms with Gasteiger partial charge in [0.1, 0.15) is 10.7 Å². The Morgan fingerprint density at radius 1 is 1.12 bits per heavy atom. The molecule has 1 aromatic carbocycles. The number of hydrogen-bond acceptors (Lipinski definition) is 6. The van der Waals surface area contributed by atoms with Gasteiger partial charge in [0.05, 0.1) is 21.0 Å². The van der Waals surface area contributed by atoms with Crippen molar-refractivity contribution in [2.75, 3.05) is 6.54 Å². The van der Waals surface area contributed by atoms with Gasteiger partial charge in [-0.2, -0.15) is 0 Å². The van der Waals surface area contributed by atoms with Gasteiger partial charge in [-0.3, -0.25) is 14.2 Å². The molecule has 0 aliphatic carbocycles. The fourth-order valence-electron chi connectivity index (χ4n) is 4.37. The summed E-state index contributed by atoms with van der Waals surface area (Å²) in [5.41, 5.74) is 4.00. The highest BCUT2D eigenvalue weighted by atomic mass is 32.1. The van der Waals surface area contributed by atoms with Gasteiger partial charge in [0.2, 0.25) is 0 Å². The molecule has 5 rings (SSSR count). The lowest BCUT2D eigenvalue weighted by atomic mass is 10.1. The smallest absolute Gasteiger partial charge is 0.262 e. The van der Waals surface area contributed by atoms with Crippen LogP contribution in [0.2, 0.25) is 0 Å². The van der Waals surface area contributed by atoms with Gasteiger partial charge in [0.15, 0.2) is 0 Å². The summed E-state index contributed by atoms with van der Waals surface area (Å²) >= 11 is 2.98. The van der Waals surface area contributed by atoms with Gasteiger partial charge < -0.3 is 5.32 Å². The van der Waals surface area contributed by atoms with Crippen molar-refractivity contribution >= 4 is 38.8 Å². The minimum atomic E-state index is -0.135. The number of rotatable bonds is 5. The Morgan fingerprint density at radius 3 is 2.70 bits per heavy atom. The topological polar surface area (TPSA) is 76.9 Å². The van der Waals surface area contributed by atoms with Crippen molar-refractivity contribution in [3.8, 4) is 11.3 Å². The molecule has 0 radical (unpaired) electrons. The first-order valence-electron chi connectivity index (χ1n) is 11.3. The lowest BCUT2D eigenvalue weighted by Gasteiger charge is -2.08. The molecule has 8 heteroatoms. The molecule has 4 aromatic rings. The van der Waals surface area contributed by atoms with E-state index in [0.29, 0.717) is 21.6 Å². The van der Waals surface area contributed by atoms with Crippen molar-refractivity contribution in [3.63, 3.8) is 0 Å². The molecule has 0 atom stereocenters. The zero-order valence-electron chi connectivity index (χ0n) is 18.8. The number of benzene rings is 1. The SMILES string of the molecule is Cc1nc(-c2ccc(CCNC(=O)c3sc4nc5n(c(=O)c4c3C)CCCCC5)cc2)cs1. The summed E-state index contributed by atoms with van der Waals surface area (Å²) in [6.07, 6.45) is 4.74. The number of hydrogen-bond donors (Lipinski definition) is 1. The lowest BCUT2D eigenvalue weighted by Crippen LogP contribution is -2.26. The molecular formula is C25H26N4O2S2. The van der Waals surface area contributed by atoms with Crippen molar-refractivity contribution in [1.29, 1.82) is 0 Å². The van der Waals surface area contributed by atoms with E-state index in [2.05, 4.69) is 39.9 Å². The number of thiazole rings is 1. The molecule has 0 bridgehead atoms. The Hall–Kier alpha value is -2.84. The van der Waals surface area contributed by atoms with E-state index in [1.807, 2.05) is 18.4 Å². The van der Waals surface area contributed by atoms with Gasteiger partial charge in [0, 0.05) is 30.5 Å². The third-order valence-corrected chi connectivity index (χ3v) is 8.14. The molecule has 4 heterocycles. The first-order valence-corrected chi connectivity index (χ1v) is 13.0. The molecule has 3 aromatic heterocycles. The molecule has 1 N–H and O–H groups in total. The Balaban J connectivity index is 1.28. The molecule has 1 aliphatic heterocycles. The summed E-state index contributed by atoms with van der Waals surface area (Å²) < 4.78 is 1.81. The van der Waals surface area contributed by atoms with Gasteiger partial charge in [-0.15, -0.1) is 22.7 Å². The van der Waals surface area contributed by atoms with Crippen molar-refractivity contribution in [2.24, 2.45) is 0 Å². The molecule has 0 fully saturated rings. The normalized spacial score (nSPS) is 13.6. The van der Waals surface area contributed by atoms with E-state index in [0.717, 1.165) is 71.9 Å². The molecule has 0 saturated heterocycles. The molecule has 0 spiro atoms. The third kappa shape index (κ3) is 4.37. The maximum Gasteiger partial charge on any atom is 0.262 e. The Labute approximate surface area is 200 Å². The molecule has 170 valence electrons. The van der Waals surface area contributed by atoms with Crippen LogP contribution in [-0.2, 0) is 19.4 Å². The van der Waals surface area contributed by atoms with E-state index < -0.39 is 0 Å². The summed E-state index contributed by atoms with van der Waals surface area (Å²) in [5, 5.41) is 6.75. The highest BCUT2D eigenvalue weighted by Gasteiger charge is 2.22. The molecule has 1 aliphatic rings. The number of fused-ring (bicyclic) bond motifs is 2. The highest BCUT2D eigenvalue weighted by molar-refractivity contribution is 7.20. The summed E-state index contributed by atoms with van der Waals surface area (Å²) in [6, 6.07) is 8.31. The third-order valence-electron chi connectivity index (χ3n) is 6.19. The van der Waals surface area contributed by atoms with Crippen LogP contribution in [0.4, 0.5) is 0 Å². The Bertz CT molecular complexity index is 1380. The van der Waals surface area contributed by atoms with Crippen LogP contribution < -0.4 is 10.9 Å². The van der Waals surface area contributed by atoms with E-state index in [1.165, 1.54) is 11.3 Å². The average Bonchev–Trinajstić information content (AvgIpc) is 3.29. The minimum absolute atomic E-state index is 0.0000885. The monoisotopic (exact) mass is 478 g/mol. The summed E-state index contributed by atoms with van der Waals surface area (Å²) in [4.78, 5) is 36.6. The molecular weight excluding hydrogens is 452 g/mol. The van der Waals surface area contributed by atoms with E-state index >= 15 is 0 Å². The number of nitrogens with one attached hydrogen (secondary N) is 1.